The lowest BCUT2D eigenvalue weighted by Gasteiger charge is -2.16. The predicted molar refractivity (Wildman–Crippen MR) is 81.3 cm³/mol. The topological polar surface area (TPSA) is 119 Å². The van der Waals surface area contributed by atoms with Crippen LogP contribution in [0.2, 0.25) is 0 Å². The zero-order chi connectivity index (χ0) is 15.8. The Morgan fingerprint density at radius 1 is 1.38 bits per heavy atom. The summed E-state index contributed by atoms with van der Waals surface area (Å²) in [4.78, 5) is 23.5. The second kappa shape index (κ2) is 8.23. The van der Waals surface area contributed by atoms with Crippen LogP contribution in [-0.2, 0) is 4.79 Å². The molecule has 0 aliphatic heterocycles. The highest BCUT2D eigenvalue weighted by Gasteiger charge is 2.17. The summed E-state index contributed by atoms with van der Waals surface area (Å²) in [5.41, 5.74) is 11.4. The lowest BCUT2D eigenvalue weighted by Crippen LogP contribution is -2.38. The Hall–Kier alpha value is -2.12. The normalized spacial score (nSPS) is 11.8. The van der Waals surface area contributed by atoms with Gasteiger partial charge in [0.25, 0.3) is 5.91 Å². The molecule has 1 unspecified atom stereocenters. The van der Waals surface area contributed by atoms with E-state index in [0.717, 1.165) is 6.42 Å². The van der Waals surface area contributed by atoms with Gasteiger partial charge in [0.05, 0.1) is 18.7 Å². The molecule has 0 aliphatic carbocycles. The maximum Gasteiger partial charge on any atom is 0.252 e. The van der Waals surface area contributed by atoms with Crippen molar-refractivity contribution in [2.75, 3.05) is 26.0 Å². The van der Waals surface area contributed by atoms with E-state index < -0.39 is 5.91 Å². The number of primary amides is 1. The Bertz CT molecular complexity index is 505. The minimum atomic E-state index is -0.615. The van der Waals surface area contributed by atoms with Crippen LogP contribution in [0.4, 0.5) is 5.69 Å². The number of hydrogen-bond donors (Lipinski definition) is 4. The van der Waals surface area contributed by atoms with Gasteiger partial charge in [-0.1, -0.05) is 0 Å². The van der Waals surface area contributed by atoms with Gasteiger partial charge in [0.1, 0.15) is 5.75 Å². The average molecular weight is 294 g/mol. The van der Waals surface area contributed by atoms with E-state index in [9.17, 15) is 9.59 Å². The van der Waals surface area contributed by atoms with E-state index in [1.807, 2.05) is 0 Å². The number of ether oxygens (including phenoxy) is 1. The van der Waals surface area contributed by atoms with Gasteiger partial charge in [-0.05, 0) is 44.6 Å². The van der Waals surface area contributed by atoms with Crippen molar-refractivity contribution < 1.29 is 14.3 Å². The van der Waals surface area contributed by atoms with Crippen molar-refractivity contribution in [3.63, 3.8) is 0 Å². The minimum Gasteiger partial charge on any atom is -0.496 e. The third-order valence-electron chi connectivity index (χ3n) is 3.09. The van der Waals surface area contributed by atoms with Crippen LogP contribution in [0.15, 0.2) is 18.2 Å². The molecule has 21 heavy (non-hydrogen) atoms. The van der Waals surface area contributed by atoms with E-state index in [4.69, 9.17) is 16.2 Å². The number of nitrogens with two attached hydrogens (primary N) is 2. The molecule has 0 aliphatic rings. The Morgan fingerprint density at radius 2 is 2.10 bits per heavy atom. The molecule has 0 aromatic heterocycles. The zero-order valence-electron chi connectivity index (χ0n) is 12.3. The van der Waals surface area contributed by atoms with Gasteiger partial charge in [-0.25, -0.2) is 0 Å². The fourth-order valence-electron chi connectivity index (χ4n) is 1.94. The molecular formula is C14H22N4O3. The predicted octanol–water partition coefficient (Wildman–Crippen LogP) is 0.0595. The van der Waals surface area contributed by atoms with Crippen LogP contribution in [0, 0.1) is 0 Å². The molecule has 7 heteroatoms. The SMILES string of the molecule is CNC(CCCN)C(=O)Nc1ccc(OC)c(C(N)=O)c1. The van der Waals surface area contributed by atoms with Crippen LogP contribution >= 0.6 is 0 Å². The first-order valence-corrected chi connectivity index (χ1v) is 6.69. The number of benzene rings is 1. The van der Waals surface area contributed by atoms with E-state index in [1.54, 1.807) is 19.2 Å². The van der Waals surface area contributed by atoms with Gasteiger partial charge in [-0.15, -0.1) is 0 Å². The van der Waals surface area contributed by atoms with E-state index in [2.05, 4.69) is 10.6 Å². The molecule has 1 atom stereocenters. The first-order valence-electron chi connectivity index (χ1n) is 6.69. The molecule has 1 rings (SSSR count). The molecule has 116 valence electrons. The molecule has 7 nitrogen and oxygen atoms in total. The largest absolute Gasteiger partial charge is 0.496 e. The smallest absolute Gasteiger partial charge is 0.252 e. The van der Waals surface area contributed by atoms with Crippen molar-refractivity contribution in [3.8, 4) is 5.75 Å². The van der Waals surface area contributed by atoms with Crippen molar-refractivity contribution in [3.05, 3.63) is 23.8 Å². The molecule has 1 aromatic carbocycles. The van der Waals surface area contributed by atoms with Gasteiger partial charge in [0.15, 0.2) is 0 Å². The summed E-state index contributed by atoms with van der Waals surface area (Å²) in [6.07, 6.45) is 1.38. The van der Waals surface area contributed by atoms with Crippen molar-refractivity contribution in [1.82, 2.24) is 5.32 Å². The molecule has 1 aromatic rings. The molecule has 0 spiro atoms. The second-order valence-electron chi connectivity index (χ2n) is 4.54. The Morgan fingerprint density at radius 3 is 2.62 bits per heavy atom. The Balaban J connectivity index is 2.84. The summed E-state index contributed by atoms with van der Waals surface area (Å²) in [6, 6.07) is 4.39. The third-order valence-corrected chi connectivity index (χ3v) is 3.09. The Labute approximate surface area is 124 Å². The standard InChI is InChI=1S/C14H22N4O3/c1-17-11(4-3-7-15)14(20)18-9-5-6-12(21-2)10(8-9)13(16)19/h5-6,8,11,17H,3-4,7,15H2,1-2H3,(H2,16,19)(H,18,20). The lowest BCUT2D eigenvalue weighted by atomic mass is 10.1. The van der Waals surface area contributed by atoms with Crippen LogP contribution in [0.3, 0.4) is 0 Å². The summed E-state index contributed by atoms with van der Waals surface area (Å²) in [5.74, 6) is -0.434. The maximum atomic E-state index is 12.1. The van der Waals surface area contributed by atoms with Crippen LogP contribution in [0.25, 0.3) is 0 Å². The fourth-order valence-corrected chi connectivity index (χ4v) is 1.94. The molecule has 0 bridgehead atoms. The Kier molecular flexibility index (Phi) is 6.64. The summed E-state index contributed by atoms with van der Waals surface area (Å²) in [7, 11) is 3.16. The minimum absolute atomic E-state index is 0.188. The van der Waals surface area contributed by atoms with Crippen LogP contribution in [-0.4, -0.2) is 38.6 Å². The summed E-state index contributed by atoms with van der Waals surface area (Å²) < 4.78 is 5.05. The number of rotatable bonds is 8. The zero-order valence-corrected chi connectivity index (χ0v) is 12.3. The number of amides is 2. The molecule has 0 heterocycles. The first kappa shape index (κ1) is 16.9. The quantitative estimate of drug-likeness (QED) is 0.540. The van der Waals surface area contributed by atoms with Gasteiger partial charge >= 0.3 is 0 Å². The molecule has 0 saturated carbocycles. The number of hydrogen-bond acceptors (Lipinski definition) is 5. The summed E-state index contributed by atoms with van der Waals surface area (Å²) >= 11 is 0. The van der Waals surface area contributed by atoms with Crippen molar-refractivity contribution in [2.45, 2.75) is 18.9 Å². The molecule has 6 N–H and O–H groups in total. The summed E-state index contributed by atoms with van der Waals surface area (Å²) in [5, 5.41) is 5.68. The summed E-state index contributed by atoms with van der Waals surface area (Å²) in [6.45, 7) is 0.528. The monoisotopic (exact) mass is 294 g/mol. The van der Waals surface area contributed by atoms with Gasteiger partial charge in [0, 0.05) is 5.69 Å². The highest BCUT2D eigenvalue weighted by atomic mass is 16.5. The second-order valence-corrected chi connectivity index (χ2v) is 4.54. The molecule has 0 fully saturated rings. The highest BCUT2D eigenvalue weighted by molar-refractivity contribution is 5.99. The number of carbonyl (C=O) groups is 2. The van der Waals surface area contributed by atoms with Gasteiger partial charge < -0.3 is 26.8 Å². The van der Waals surface area contributed by atoms with E-state index in [1.165, 1.54) is 13.2 Å². The fraction of sp³-hybridized carbons (Fsp3) is 0.429. The van der Waals surface area contributed by atoms with Crippen LogP contribution in [0.5, 0.6) is 5.75 Å². The van der Waals surface area contributed by atoms with E-state index >= 15 is 0 Å². The average Bonchev–Trinajstić information content (AvgIpc) is 2.47. The van der Waals surface area contributed by atoms with Crippen molar-refractivity contribution >= 4 is 17.5 Å². The number of carbonyl (C=O) groups excluding carboxylic acids is 2. The number of anilines is 1. The third kappa shape index (κ3) is 4.73. The lowest BCUT2D eigenvalue weighted by molar-refractivity contribution is -0.118. The van der Waals surface area contributed by atoms with Gasteiger partial charge in [-0.2, -0.15) is 0 Å². The van der Waals surface area contributed by atoms with E-state index in [-0.39, 0.29) is 17.5 Å². The molecule has 0 radical (unpaired) electrons. The van der Waals surface area contributed by atoms with Crippen molar-refractivity contribution in [2.24, 2.45) is 11.5 Å². The number of nitrogens with one attached hydrogen (secondary N) is 2. The maximum absolute atomic E-state index is 12.1. The van der Waals surface area contributed by atoms with E-state index in [0.29, 0.717) is 24.4 Å². The van der Waals surface area contributed by atoms with Crippen LogP contribution in [0.1, 0.15) is 23.2 Å². The molecule has 2 amide bonds. The molecule has 0 saturated heterocycles. The first-order chi connectivity index (χ1) is 10.0. The number of methoxy groups -OCH3 is 1. The molecular weight excluding hydrogens is 272 g/mol. The highest BCUT2D eigenvalue weighted by Crippen LogP contribution is 2.22. The van der Waals surface area contributed by atoms with Gasteiger partial charge in [0.2, 0.25) is 5.91 Å². The van der Waals surface area contributed by atoms with Crippen LogP contribution < -0.4 is 26.8 Å². The van der Waals surface area contributed by atoms with Crippen molar-refractivity contribution in [1.29, 1.82) is 0 Å². The number of likely N-dealkylation sites (N-methyl/N-ethyl adjacent to an activating group) is 1. The van der Waals surface area contributed by atoms with Gasteiger partial charge in [-0.3, -0.25) is 9.59 Å².